The van der Waals surface area contributed by atoms with E-state index in [-0.39, 0.29) is 11.8 Å². The van der Waals surface area contributed by atoms with E-state index < -0.39 is 0 Å². The zero-order chi connectivity index (χ0) is 10.6. The van der Waals surface area contributed by atoms with E-state index in [1.54, 1.807) is 24.3 Å². The lowest BCUT2D eigenvalue weighted by Gasteiger charge is -2.16. The predicted octanol–water partition coefficient (Wildman–Crippen LogP) is 0.810. The Morgan fingerprint density at radius 3 is 2.29 bits per heavy atom. The van der Waals surface area contributed by atoms with Crippen LogP contribution >= 0.6 is 0 Å². The van der Waals surface area contributed by atoms with Gasteiger partial charge in [0, 0.05) is 19.5 Å². The van der Waals surface area contributed by atoms with Crippen LogP contribution in [-0.4, -0.2) is 23.9 Å². The van der Waals surface area contributed by atoms with E-state index in [0.29, 0.717) is 5.56 Å². The highest BCUT2D eigenvalue weighted by molar-refractivity contribution is 5.94. The van der Waals surface area contributed by atoms with Gasteiger partial charge >= 0.3 is 0 Å². The highest BCUT2D eigenvalue weighted by Crippen LogP contribution is 2.00. The third-order valence-electron chi connectivity index (χ3n) is 1.65. The molecule has 14 heavy (non-hydrogen) atoms. The molecule has 74 valence electrons. The Morgan fingerprint density at radius 1 is 1.21 bits per heavy atom. The molecule has 0 aliphatic rings. The molecule has 0 aliphatic carbocycles. The summed E-state index contributed by atoms with van der Waals surface area (Å²) in [5.74, 6) is -0.502. The first-order chi connectivity index (χ1) is 6.61. The van der Waals surface area contributed by atoms with Crippen LogP contribution in [0.1, 0.15) is 17.3 Å². The molecule has 0 unspecified atom stereocenters. The number of nitrogens with zero attached hydrogens (tertiary/aromatic N) is 1. The smallest absolute Gasteiger partial charge is 0.272 e. The SMILES string of the molecule is CC(=O)NN(C)C(=O)c1ccccc1. The molecule has 1 aromatic carbocycles. The van der Waals surface area contributed by atoms with E-state index in [1.165, 1.54) is 14.0 Å². The van der Waals surface area contributed by atoms with Gasteiger partial charge in [0.05, 0.1) is 0 Å². The molecule has 0 heterocycles. The number of nitrogens with one attached hydrogen (secondary N) is 1. The van der Waals surface area contributed by atoms with E-state index in [9.17, 15) is 9.59 Å². The minimum Gasteiger partial charge on any atom is -0.274 e. The summed E-state index contributed by atoms with van der Waals surface area (Å²) in [6, 6.07) is 8.76. The van der Waals surface area contributed by atoms with E-state index in [0.717, 1.165) is 5.01 Å². The molecule has 0 fully saturated rings. The molecule has 0 bridgehead atoms. The normalized spacial score (nSPS) is 9.29. The number of carbonyl (C=O) groups excluding carboxylic acids is 2. The Labute approximate surface area is 82.5 Å². The Balaban J connectivity index is 2.71. The maximum absolute atomic E-state index is 11.6. The summed E-state index contributed by atoms with van der Waals surface area (Å²) in [6.07, 6.45) is 0. The molecule has 1 aromatic rings. The number of hydrazine groups is 1. The van der Waals surface area contributed by atoms with Crippen LogP contribution in [0, 0.1) is 0 Å². The van der Waals surface area contributed by atoms with Crippen molar-refractivity contribution in [2.45, 2.75) is 6.92 Å². The fraction of sp³-hybridized carbons (Fsp3) is 0.200. The van der Waals surface area contributed by atoms with Crippen LogP contribution in [0.15, 0.2) is 30.3 Å². The molecule has 1 rings (SSSR count). The van der Waals surface area contributed by atoms with Crippen molar-refractivity contribution < 1.29 is 9.59 Å². The molecule has 4 heteroatoms. The third-order valence-corrected chi connectivity index (χ3v) is 1.65. The average Bonchev–Trinajstić information content (AvgIpc) is 2.17. The minimum atomic E-state index is -0.267. The van der Waals surface area contributed by atoms with Gasteiger partial charge in [-0.25, -0.2) is 0 Å². The average molecular weight is 192 g/mol. The van der Waals surface area contributed by atoms with Crippen molar-refractivity contribution in [2.75, 3.05) is 7.05 Å². The van der Waals surface area contributed by atoms with Crippen molar-refractivity contribution in [1.29, 1.82) is 0 Å². The van der Waals surface area contributed by atoms with Gasteiger partial charge in [0.15, 0.2) is 0 Å². The summed E-state index contributed by atoms with van der Waals surface area (Å²) < 4.78 is 0. The molecule has 0 aliphatic heterocycles. The molecule has 4 nitrogen and oxygen atoms in total. The molecule has 0 saturated carbocycles. The maximum Gasteiger partial charge on any atom is 0.272 e. The minimum absolute atomic E-state index is 0.235. The standard InChI is InChI=1S/C10H12N2O2/c1-8(13)11-12(2)10(14)9-6-4-3-5-7-9/h3-7H,1-2H3,(H,11,13). The van der Waals surface area contributed by atoms with E-state index >= 15 is 0 Å². The summed E-state index contributed by atoms with van der Waals surface area (Å²) >= 11 is 0. The van der Waals surface area contributed by atoms with Crippen LogP contribution in [0.2, 0.25) is 0 Å². The molecule has 0 radical (unpaired) electrons. The van der Waals surface area contributed by atoms with Gasteiger partial charge in [-0.3, -0.25) is 20.0 Å². The number of hydrogen-bond acceptors (Lipinski definition) is 2. The van der Waals surface area contributed by atoms with Crippen LogP contribution in [0.5, 0.6) is 0 Å². The van der Waals surface area contributed by atoms with Gasteiger partial charge in [-0.15, -0.1) is 0 Å². The zero-order valence-electron chi connectivity index (χ0n) is 8.15. The van der Waals surface area contributed by atoms with Gasteiger partial charge in [-0.1, -0.05) is 18.2 Å². The van der Waals surface area contributed by atoms with Gasteiger partial charge in [-0.05, 0) is 12.1 Å². The molecule has 2 amide bonds. The van der Waals surface area contributed by atoms with Crippen LogP contribution < -0.4 is 5.43 Å². The van der Waals surface area contributed by atoms with Gasteiger partial charge in [0.2, 0.25) is 5.91 Å². The van der Waals surface area contributed by atoms with Crippen molar-refractivity contribution >= 4 is 11.8 Å². The zero-order valence-corrected chi connectivity index (χ0v) is 8.15. The lowest BCUT2D eigenvalue weighted by Crippen LogP contribution is -2.42. The van der Waals surface area contributed by atoms with Crippen molar-refractivity contribution in [3.05, 3.63) is 35.9 Å². The molecule has 0 saturated heterocycles. The van der Waals surface area contributed by atoms with Crippen LogP contribution in [0.3, 0.4) is 0 Å². The number of benzene rings is 1. The second-order valence-corrected chi connectivity index (χ2v) is 2.90. The second-order valence-electron chi connectivity index (χ2n) is 2.90. The Hall–Kier alpha value is -1.84. The monoisotopic (exact) mass is 192 g/mol. The molecular weight excluding hydrogens is 180 g/mol. The number of carbonyl (C=O) groups is 2. The van der Waals surface area contributed by atoms with E-state index in [2.05, 4.69) is 5.43 Å². The second kappa shape index (κ2) is 4.41. The summed E-state index contributed by atoms with van der Waals surface area (Å²) in [6.45, 7) is 1.36. The van der Waals surface area contributed by atoms with Crippen molar-refractivity contribution in [1.82, 2.24) is 10.4 Å². The first-order valence-corrected chi connectivity index (χ1v) is 4.21. The number of amides is 2. The van der Waals surface area contributed by atoms with Gasteiger partial charge in [0.25, 0.3) is 5.91 Å². The molecular formula is C10H12N2O2. The Kier molecular flexibility index (Phi) is 3.23. The molecule has 0 atom stereocenters. The van der Waals surface area contributed by atoms with Gasteiger partial charge < -0.3 is 0 Å². The van der Waals surface area contributed by atoms with Gasteiger partial charge in [-0.2, -0.15) is 0 Å². The molecule has 1 N–H and O–H groups in total. The topological polar surface area (TPSA) is 49.4 Å². The first-order valence-electron chi connectivity index (χ1n) is 4.21. The number of rotatable bonds is 1. The van der Waals surface area contributed by atoms with Crippen molar-refractivity contribution in [2.24, 2.45) is 0 Å². The summed E-state index contributed by atoms with van der Waals surface area (Å²) in [5.41, 5.74) is 2.93. The lowest BCUT2D eigenvalue weighted by atomic mass is 10.2. The first kappa shape index (κ1) is 10.2. The largest absolute Gasteiger partial charge is 0.274 e. The maximum atomic E-state index is 11.6. The van der Waals surface area contributed by atoms with Gasteiger partial charge in [0.1, 0.15) is 0 Å². The summed E-state index contributed by atoms with van der Waals surface area (Å²) in [7, 11) is 1.51. The molecule has 0 aromatic heterocycles. The van der Waals surface area contributed by atoms with Crippen LogP contribution in [0.4, 0.5) is 0 Å². The van der Waals surface area contributed by atoms with E-state index in [4.69, 9.17) is 0 Å². The Morgan fingerprint density at radius 2 is 1.79 bits per heavy atom. The predicted molar refractivity (Wildman–Crippen MR) is 52.4 cm³/mol. The van der Waals surface area contributed by atoms with E-state index in [1.807, 2.05) is 6.07 Å². The van der Waals surface area contributed by atoms with Crippen molar-refractivity contribution in [3.8, 4) is 0 Å². The fourth-order valence-corrected chi connectivity index (χ4v) is 1.06. The Bertz CT molecular complexity index is 335. The number of hydrogen-bond donors (Lipinski definition) is 1. The van der Waals surface area contributed by atoms with Crippen LogP contribution in [0.25, 0.3) is 0 Å². The quantitative estimate of drug-likeness (QED) is 0.669. The molecule has 0 spiro atoms. The highest BCUT2D eigenvalue weighted by Gasteiger charge is 2.10. The van der Waals surface area contributed by atoms with Crippen molar-refractivity contribution in [3.63, 3.8) is 0 Å². The highest BCUT2D eigenvalue weighted by atomic mass is 16.2. The third kappa shape index (κ3) is 2.58. The summed E-state index contributed by atoms with van der Waals surface area (Å²) in [5, 5.41) is 1.16. The lowest BCUT2D eigenvalue weighted by molar-refractivity contribution is -0.122. The van der Waals surface area contributed by atoms with Crippen LogP contribution in [-0.2, 0) is 4.79 Å². The summed E-state index contributed by atoms with van der Waals surface area (Å²) in [4.78, 5) is 22.3. The fourth-order valence-electron chi connectivity index (χ4n) is 1.06.